The van der Waals surface area contributed by atoms with Crippen molar-refractivity contribution in [1.29, 1.82) is 0 Å². The first-order chi connectivity index (χ1) is 12.1. The van der Waals surface area contributed by atoms with E-state index in [-0.39, 0.29) is 11.6 Å². The summed E-state index contributed by atoms with van der Waals surface area (Å²) in [4.78, 5) is 19.8. The zero-order chi connectivity index (χ0) is 17.3. The molecular weight excluding hydrogens is 358 g/mol. The van der Waals surface area contributed by atoms with Gasteiger partial charge in [-0.3, -0.25) is 5.32 Å². The van der Waals surface area contributed by atoms with Crippen molar-refractivity contribution < 1.29 is 9.53 Å². The molecule has 2 fully saturated rings. The second-order valence-electron chi connectivity index (χ2n) is 6.64. The van der Waals surface area contributed by atoms with Crippen LogP contribution < -0.4 is 5.32 Å². The Morgan fingerprint density at radius 3 is 3.00 bits per heavy atom. The van der Waals surface area contributed by atoms with Crippen LogP contribution in [0.2, 0.25) is 5.02 Å². The molecule has 2 aromatic rings. The van der Waals surface area contributed by atoms with Gasteiger partial charge >= 0.3 is 6.03 Å². The van der Waals surface area contributed by atoms with E-state index in [1.165, 1.54) is 17.8 Å². The molecule has 4 rings (SSSR count). The van der Waals surface area contributed by atoms with E-state index in [0.717, 1.165) is 28.3 Å². The topological polar surface area (TPSA) is 54.5 Å². The number of carbonyl (C=O) groups excluding carboxylic acids is 1. The largest absolute Gasteiger partial charge is 0.371 e. The minimum Gasteiger partial charge on any atom is -0.371 e. The zero-order valence-electron chi connectivity index (χ0n) is 13.8. The number of carbonyl (C=O) groups is 1. The molecule has 0 atom stereocenters. The molecule has 1 saturated carbocycles. The van der Waals surface area contributed by atoms with Gasteiger partial charge in [-0.1, -0.05) is 29.8 Å². The van der Waals surface area contributed by atoms with Crippen LogP contribution in [0.25, 0.3) is 0 Å². The van der Waals surface area contributed by atoms with E-state index in [9.17, 15) is 4.79 Å². The lowest BCUT2D eigenvalue weighted by molar-refractivity contribution is -0.140. The number of hydrogen-bond donors (Lipinski definition) is 1. The van der Waals surface area contributed by atoms with Crippen molar-refractivity contribution in [2.24, 2.45) is 0 Å². The molecule has 1 aromatic carbocycles. The Hall–Kier alpha value is -1.63. The number of anilines is 1. The van der Waals surface area contributed by atoms with E-state index in [4.69, 9.17) is 16.3 Å². The highest BCUT2D eigenvalue weighted by Gasteiger charge is 2.43. The number of benzene rings is 1. The molecule has 0 unspecified atom stereocenters. The average Bonchev–Trinajstić information content (AvgIpc) is 3.02. The minimum absolute atomic E-state index is 0.0896. The maximum atomic E-state index is 12.5. The molecule has 25 heavy (non-hydrogen) atoms. The Morgan fingerprint density at radius 1 is 1.40 bits per heavy atom. The molecule has 5 nitrogen and oxygen atoms in total. The predicted octanol–water partition coefficient (Wildman–Crippen LogP) is 4.17. The molecule has 1 spiro atoms. The van der Waals surface area contributed by atoms with Gasteiger partial charge in [0, 0.05) is 29.1 Å². The second kappa shape index (κ2) is 6.94. The highest BCUT2D eigenvalue weighted by atomic mass is 35.5. The first kappa shape index (κ1) is 16.8. The fourth-order valence-corrected chi connectivity index (χ4v) is 4.37. The number of amides is 2. The molecule has 1 N–H and O–H groups in total. The normalized spacial score (nSPS) is 18.8. The predicted molar refractivity (Wildman–Crippen MR) is 99.5 cm³/mol. The molecule has 0 radical (unpaired) electrons. The van der Waals surface area contributed by atoms with Gasteiger partial charge in [0.05, 0.1) is 18.8 Å². The smallest absolute Gasteiger partial charge is 0.323 e. The molecule has 0 bridgehead atoms. The van der Waals surface area contributed by atoms with Crippen molar-refractivity contribution >= 4 is 34.1 Å². The van der Waals surface area contributed by atoms with Gasteiger partial charge in [-0.25, -0.2) is 9.78 Å². The van der Waals surface area contributed by atoms with Crippen molar-refractivity contribution in [2.45, 2.75) is 31.3 Å². The lowest BCUT2D eigenvalue weighted by Crippen LogP contribution is -2.57. The fourth-order valence-electron chi connectivity index (χ4n) is 3.34. The van der Waals surface area contributed by atoms with Gasteiger partial charge < -0.3 is 9.64 Å². The summed E-state index contributed by atoms with van der Waals surface area (Å²) in [5, 5.41) is 4.30. The number of nitrogens with zero attached hydrogens (tertiary/aromatic N) is 2. The molecule has 7 heteroatoms. The molecule has 1 saturated heterocycles. The highest BCUT2D eigenvalue weighted by molar-refractivity contribution is 7.15. The van der Waals surface area contributed by atoms with E-state index in [2.05, 4.69) is 10.3 Å². The molecular formula is C18H20ClN3O2S. The third-order valence-corrected chi connectivity index (χ3v) is 6.17. The number of hydrogen-bond acceptors (Lipinski definition) is 4. The highest BCUT2D eigenvalue weighted by Crippen LogP contribution is 2.38. The molecule has 1 aromatic heterocycles. The number of thiazole rings is 1. The molecule has 132 valence electrons. The standard InChI is InChI=1S/C18H20ClN3O2S/c19-15-5-2-1-4-13(15)10-14-11-20-16(25-14)21-17(23)22-8-9-24-18(12-22)6-3-7-18/h1-2,4-5,11H,3,6-10,12H2,(H,20,21,23). The van der Waals surface area contributed by atoms with Crippen molar-refractivity contribution in [3.05, 3.63) is 45.9 Å². The van der Waals surface area contributed by atoms with Crippen LogP contribution in [0.1, 0.15) is 29.7 Å². The third kappa shape index (κ3) is 3.66. The first-order valence-corrected chi connectivity index (χ1v) is 9.71. The summed E-state index contributed by atoms with van der Waals surface area (Å²) in [6.45, 7) is 1.92. The Morgan fingerprint density at radius 2 is 2.24 bits per heavy atom. The summed E-state index contributed by atoms with van der Waals surface area (Å²) in [5.74, 6) is 0. The van der Waals surface area contributed by atoms with E-state index >= 15 is 0 Å². The van der Waals surface area contributed by atoms with Crippen LogP contribution in [0.15, 0.2) is 30.5 Å². The van der Waals surface area contributed by atoms with E-state index in [0.29, 0.717) is 31.2 Å². The van der Waals surface area contributed by atoms with Crippen LogP contribution in [0.4, 0.5) is 9.93 Å². The van der Waals surface area contributed by atoms with Gasteiger partial charge in [0.2, 0.25) is 0 Å². The zero-order valence-corrected chi connectivity index (χ0v) is 15.4. The summed E-state index contributed by atoms with van der Waals surface area (Å²) in [5.41, 5.74) is 0.971. The van der Waals surface area contributed by atoms with Gasteiger partial charge in [0.15, 0.2) is 5.13 Å². The Bertz CT molecular complexity index is 775. The summed E-state index contributed by atoms with van der Waals surface area (Å²) < 4.78 is 5.87. The quantitative estimate of drug-likeness (QED) is 0.873. The van der Waals surface area contributed by atoms with E-state index < -0.39 is 0 Å². The number of morpholine rings is 1. The Kier molecular flexibility index (Phi) is 4.67. The van der Waals surface area contributed by atoms with Gasteiger partial charge in [0.1, 0.15) is 0 Å². The van der Waals surface area contributed by atoms with Crippen LogP contribution in [0.5, 0.6) is 0 Å². The van der Waals surface area contributed by atoms with Crippen molar-refractivity contribution in [2.75, 3.05) is 25.0 Å². The van der Waals surface area contributed by atoms with Crippen LogP contribution in [0.3, 0.4) is 0 Å². The monoisotopic (exact) mass is 377 g/mol. The minimum atomic E-state index is -0.0896. The Balaban J connectivity index is 1.37. The molecule has 2 amide bonds. The van der Waals surface area contributed by atoms with Gasteiger partial charge in [-0.05, 0) is 30.9 Å². The average molecular weight is 378 g/mol. The van der Waals surface area contributed by atoms with Crippen molar-refractivity contribution in [3.63, 3.8) is 0 Å². The first-order valence-electron chi connectivity index (χ1n) is 8.52. The second-order valence-corrected chi connectivity index (χ2v) is 8.16. The molecule has 2 heterocycles. The summed E-state index contributed by atoms with van der Waals surface area (Å²) >= 11 is 7.70. The number of rotatable bonds is 3. The third-order valence-electron chi connectivity index (χ3n) is 4.89. The van der Waals surface area contributed by atoms with Gasteiger partial charge in [-0.15, -0.1) is 11.3 Å². The number of aromatic nitrogens is 1. The summed E-state index contributed by atoms with van der Waals surface area (Å²) in [6.07, 6.45) is 5.81. The number of nitrogens with one attached hydrogen (secondary N) is 1. The molecule has 1 aliphatic carbocycles. The van der Waals surface area contributed by atoms with E-state index in [1.54, 1.807) is 6.20 Å². The maximum absolute atomic E-state index is 12.5. The van der Waals surface area contributed by atoms with Crippen LogP contribution in [0, 0.1) is 0 Å². The van der Waals surface area contributed by atoms with Gasteiger partial charge in [0.25, 0.3) is 0 Å². The maximum Gasteiger partial charge on any atom is 0.323 e. The number of ether oxygens (including phenoxy) is 1. The van der Waals surface area contributed by atoms with Crippen LogP contribution in [-0.2, 0) is 11.2 Å². The Labute approximate surface area is 156 Å². The molecule has 2 aliphatic rings. The van der Waals surface area contributed by atoms with Crippen molar-refractivity contribution in [3.8, 4) is 0 Å². The molecule has 1 aliphatic heterocycles. The SMILES string of the molecule is O=C(Nc1ncc(Cc2ccccc2Cl)s1)N1CCOC2(CCC2)C1. The van der Waals surface area contributed by atoms with Gasteiger partial charge in [-0.2, -0.15) is 0 Å². The summed E-state index contributed by atoms with van der Waals surface area (Å²) in [7, 11) is 0. The lowest BCUT2D eigenvalue weighted by Gasteiger charge is -2.48. The number of halogens is 1. The summed E-state index contributed by atoms with van der Waals surface area (Å²) in [6, 6.07) is 7.69. The van der Waals surface area contributed by atoms with E-state index in [1.807, 2.05) is 29.2 Å². The van der Waals surface area contributed by atoms with Crippen molar-refractivity contribution in [1.82, 2.24) is 9.88 Å². The fraction of sp³-hybridized carbons (Fsp3) is 0.444. The van der Waals surface area contributed by atoms with Crippen LogP contribution in [-0.4, -0.2) is 41.2 Å². The number of urea groups is 1. The van der Waals surface area contributed by atoms with Crippen LogP contribution >= 0.6 is 22.9 Å². The lowest BCUT2D eigenvalue weighted by atomic mass is 9.79.